The summed E-state index contributed by atoms with van der Waals surface area (Å²) in [5.41, 5.74) is 3.14. The van der Waals surface area contributed by atoms with Gasteiger partial charge in [-0.05, 0) is 81.3 Å². The summed E-state index contributed by atoms with van der Waals surface area (Å²) in [6.07, 6.45) is 0. The Balaban J connectivity index is 0.000000171. The van der Waals surface area contributed by atoms with E-state index in [1.165, 1.54) is 30.8 Å². The van der Waals surface area contributed by atoms with Crippen LogP contribution in [0.1, 0.15) is 79.0 Å². The van der Waals surface area contributed by atoms with E-state index in [1.807, 2.05) is 29.5 Å². The minimum absolute atomic E-state index is 0.0614. The van der Waals surface area contributed by atoms with Gasteiger partial charge in [0.2, 0.25) is 10.5 Å². The van der Waals surface area contributed by atoms with Crippen LogP contribution >= 0.6 is 22.7 Å². The van der Waals surface area contributed by atoms with Gasteiger partial charge >= 0.3 is 0 Å². The van der Waals surface area contributed by atoms with Gasteiger partial charge in [-0.15, -0.1) is 22.7 Å². The molecule has 0 bridgehead atoms. The minimum Gasteiger partial charge on any atom is -0.553 e. The van der Waals surface area contributed by atoms with Crippen molar-refractivity contribution < 1.29 is 19.0 Å². The fourth-order valence-corrected chi connectivity index (χ4v) is 9.26. The Morgan fingerprint density at radius 3 is 1.58 bits per heavy atom. The van der Waals surface area contributed by atoms with Gasteiger partial charge in [0.25, 0.3) is 0 Å². The molecule has 7 heteroatoms. The molecule has 1 N–H and O–H groups in total. The Hall–Kier alpha value is -2.74. The molecular weight excluding hydrogens is 589 g/mol. The number of benzene rings is 2. The van der Waals surface area contributed by atoms with E-state index >= 15 is 0 Å². The van der Waals surface area contributed by atoms with Crippen molar-refractivity contribution in [2.75, 3.05) is 13.2 Å². The highest BCUT2D eigenvalue weighted by Crippen LogP contribution is 2.52. The molecule has 0 spiro atoms. The van der Waals surface area contributed by atoms with Crippen LogP contribution in [-0.4, -0.2) is 28.8 Å². The van der Waals surface area contributed by atoms with Crippen molar-refractivity contribution >= 4 is 64.9 Å². The summed E-state index contributed by atoms with van der Waals surface area (Å²) in [5, 5.41) is 11.9. The minimum atomic E-state index is 0.0614. The van der Waals surface area contributed by atoms with Crippen LogP contribution in [0.4, 0.5) is 0 Å². The zero-order chi connectivity index (χ0) is 31.5. The van der Waals surface area contributed by atoms with E-state index in [2.05, 4.69) is 93.5 Å². The van der Waals surface area contributed by atoms with Crippen molar-refractivity contribution in [1.82, 2.24) is 0 Å². The van der Waals surface area contributed by atoms with Crippen LogP contribution in [-0.2, 0) is 9.47 Å². The largest absolute Gasteiger partial charge is 0.553 e. The molecular formula is C36H46O4S2Si. The summed E-state index contributed by atoms with van der Waals surface area (Å²) in [5.74, 6) is 3.39. The Labute approximate surface area is 267 Å². The quantitative estimate of drug-likeness (QED) is 0.228. The van der Waals surface area contributed by atoms with Crippen LogP contribution in [0.25, 0.3) is 31.7 Å². The number of hydrogen-bond donors (Lipinski definition) is 1. The third-order valence-corrected chi connectivity index (χ3v) is 10.8. The van der Waals surface area contributed by atoms with E-state index in [-0.39, 0.29) is 21.7 Å². The van der Waals surface area contributed by atoms with Crippen molar-refractivity contribution in [1.29, 1.82) is 0 Å². The highest BCUT2D eigenvalue weighted by atomic mass is 32.1. The van der Waals surface area contributed by atoms with Gasteiger partial charge in [-0.1, -0.05) is 69.2 Å². The van der Waals surface area contributed by atoms with Crippen LogP contribution in [0, 0.1) is 21.7 Å². The smallest absolute Gasteiger partial charge is 0.204 e. The summed E-state index contributed by atoms with van der Waals surface area (Å²) in [4.78, 5) is 2.39. The first-order valence-electron chi connectivity index (χ1n) is 15.0. The number of ether oxygens (including phenoxy) is 2. The fraction of sp³-hybridized carbons (Fsp3) is 0.444. The van der Waals surface area contributed by atoms with Crippen molar-refractivity contribution in [2.24, 2.45) is 21.7 Å². The average molecular weight is 635 g/mol. The summed E-state index contributed by atoms with van der Waals surface area (Å²) in [6, 6.07) is 16.2. The zero-order valence-corrected chi connectivity index (χ0v) is 31.2. The number of thiophene rings is 2. The van der Waals surface area contributed by atoms with Gasteiger partial charge < -0.3 is 19.0 Å². The van der Waals surface area contributed by atoms with E-state index in [9.17, 15) is 5.11 Å². The van der Waals surface area contributed by atoms with Crippen LogP contribution < -0.4 is 4.43 Å². The molecule has 0 saturated carbocycles. The van der Waals surface area contributed by atoms with Crippen LogP contribution in [0.5, 0.6) is 11.5 Å². The Bertz CT molecular complexity index is 1740. The van der Waals surface area contributed by atoms with Gasteiger partial charge in [-0.25, -0.2) is 0 Å². The molecule has 0 saturated heterocycles. The van der Waals surface area contributed by atoms with E-state index < -0.39 is 0 Å². The lowest BCUT2D eigenvalue weighted by atomic mass is 9.71. The number of phenolic OH excluding ortho intramolecular Hbond substituents is 1. The molecule has 6 rings (SSSR count). The molecule has 43 heavy (non-hydrogen) atoms. The summed E-state index contributed by atoms with van der Waals surface area (Å²) in [7, 11) is 0.720. The number of fused-ring (bicyclic) bond motifs is 2. The first kappa shape index (κ1) is 31.7. The topological polar surface area (TPSA) is 47.9 Å². The number of hydrogen-bond acceptors (Lipinski definition) is 6. The van der Waals surface area contributed by atoms with Gasteiger partial charge in [-0.2, -0.15) is 0 Å². The maximum absolute atomic E-state index is 9.63. The third-order valence-electron chi connectivity index (χ3n) is 8.13. The highest BCUT2D eigenvalue weighted by Gasteiger charge is 2.42. The molecule has 0 unspecified atom stereocenters. The number of phenols is 1. The summed E-state index contributed by atoms with van der Waals surface area (Å²) >= 11 is 3.54. The normalized spacial score (nSPS) is 18.2. The Morgan fingerprint density at radius 1 is 0.698 bits per heavy atom. The lowest BCUT2D eigenvalue weighted by molar-refractivity contribution is 0.214. The number of aromatic hydroxyl groups is 1. The van der Waals surface area contributed by atoms with E-state index in [1.54, 1.807) is 17.4 Å². The van der Waals surface area contributed by atoms with Crippen LogP contribution in [0.3, 0.4) is 0 Å². The molecule has 4 nitrogen and oxygen atoms in total. The molecule has 4 heterocycles. The van der Waals surface area contributed by atoms with Crippen molar-refractivity contribution in [3.63, 3.8) is 0 Å². The molecule has 2 aliphatic heterocycles. The lowest BCUT2D eigenvalue weighted by Gasteiger charge is -2.30. The monoisotopic (exact) mass is 634 g/mol. The molecule has 2 aromatic carbocycles. The van der Waals surface area contributed by atoms with Crippen molar-refractivity contribution in [2.45, 2.75) is 69.2 Å². The molecule has 230 valence electrons. The van der Waals surface area contributed by atoms with E-state index in [0.29, 0.717) is 5.75 Å². The lowest BCUT2D eigenvalue weighted by Crippen LogP contribution is -2.24. The maximum Gasteiger partial charge on any atom is 0.204 e. The fourth-order valence-electron chi connectivity index (χ4n) is 6.91. The van der Waals surface area contributed by atoms with Gasteiger partial charge in [0.1, 0.15) is 23.0 Å². The first-order chi connectivity index (χ1) is 19.9. The van der Waals surface area contributed by atoms with Crippen LogP contribution in [0.2, 0.25) is 0 Å². The van der Waals surface area contributed by atoms with Crippen LogP contribution in [0.15, 0.2) is 59.7 Å². The van der Waals surface area contributed by atoms with Crippen molar-refractivity contribution in [3.8, 4) is 11.5 Å². The maximum atomic E-state index is 9.63. The SMILES string of the molecule is CC(C)(C)C1=C(c2cc3cc(O)ccc3s2)OCC1(C)C.CC(C)(C)C1=C(c2cc3cc(O[SiH3])ccc3s2)OCC1(C)C. The molecule has 0 atom stereocenters. The van der Waals surface area contributed by atoms with Gasteiger partial charge in [0, 0.05) is 20.2 Å². The summed E-state index contributed by atoms with van der Waals surface area (Å²) < 4.78 is 20.2. The van der Waals surface area contributed by atoms with Gasteiger partial charge in [-0.3, -0.25) is 0 Å². The second-order valence-corrected chi connectivity index (χ2v) is 17.7. The average Bonchev–Trinajstić information content (AvgIpc) is 3.64. The predicted molar refractivity (Wildman–Crippen MR) is 188 cm³/mol. The Morgan fingerprint density at radius 2 is 1.14 bits per heavy atom. The molecule has 2 aromatic heterocycles. The second-order valence-electron chi connectivity index (χ2n) is 15.1. The molecule has 4 aromatic rings. The predicted octanol–water partition coefficient (Wildman–Crippen LogP) is 9.79. The summed E-state index contributed by atoms with van der Waals surface area (Å²) in [6.45, 7) is 24.1. The molecule has 0 aliphatic carbocycles. The Kier molecular flexibility index (Phi) is 8.11. The first-order valence-corrected chi connectivity index (χ1v) is 17.4. The zero-order valence-electron chi connectivity index (χ0n) is 27.5. The van der Waals surface area contributed by atoms with Gasteiger partial charge in [0.05, 0.1) is 23.0 Å². The second kappa shape index (κ2) is 11.0. The molecule has 0 radical (unpaired) electrons. The van der Waals surface area contributed by atoms with E-state index in [0.717, 1.165) is 51.2 Å². The highest BCUT2D eigenvalue weighted by molar-refractivity contribution is 7.20. The molecule has 0 amide bonds. The van der Waals surface area contributed by atoms with Gasteiger partial charge in [0.15, 0.2) is 0 Å². The standard InChI is InChI=1S/C18H24O2SSi.C18H22O2S/c1-17(2,3)16-15(19-10-18(16,4)5)14-9-11-8-12(20-22)6-7-13(11)21-14;1-17(2,3)16-15(20-10-18(16,4)5)14-9-11-8-12(19)6-7-13(11)21-14/h6-9H,10H2,1-5,22H3;6-9,19H,10H2,1-5H3. The molecule has 2 aliphatic rings. The third kappa shape index (κ3) is 6.27. The van der Waals surface area contributed by atoms with Crippen molar-refractivity contribution in [3.05, 3.63) is 69.4 Å². The number of rotatable bonds is 3. The van der Waals surface area contributed by atoms with E-state index in [4.69, 9.17) is 13.9 Å². The molecule has 0 fully saturated rings.